The van der Waals surface area contributed by atoms with Gasteiger partial charge < -0.3 is 19.3 Å². The van der Waals surface area contributed by atoms with Gasteiger partial charge in [0.15, 0.2) is 0 Å². The monoisotopic (exact) mass is 294 g/mol. The second-order valence-electron chi connectivity index (χ2n) is 6.37. The van der Waals surface area contributed by atoms with Gasteiger partial charge in [-0.05, 0) is 25.7 Å². The summed E-state index contributed by atoms with van der Waals surface area (Å²) >= 11 is 0. The van der Waals surface area contributed by atoms with E-state index in [-0.39, 0.29) is 11.8 Å². The van der Waals surface area contributed by atoms with Crippen LogP contribution in [-0.4, -0.2) is 52.5 Å². The molecule has 1 amide bonds. The van der Waals surface area contributed by atoms with Gasteiger partial charge in [-0.25, -0.2) is 0 Å². The Labute approximate surface area is 124 Å². The predicted octanol–water partition coefficient (Wildman–Crippen LogP) is 1.47. The third-order valence-corrected chi connectivity index (χ3v) is 4.53. The van der Waals surface area contributed by atoms with Crippen LogP contribution >= 0.6 is 0 Å². The van der Waals surface area contributed by atoms with E-state index < -0.39 is 11.7 Å². The quantitative estimate of drug-likeness (QED) is 0.894. The molecule has 3 heterocycles. The van der Waals surface area contributed by atoms with Gasteiger partial charge in [0.25, 0.3) is 5.91 Å². The number of carbonyl (C=O) groups is 1. The average Bonchev–Trinajstić information content (AvgIpc) is 3.11. The van der Waals surface area contributed by atoms with Crippen LogP contribution in [0.5, 0.6) is 0 Å². The molecule has 2 aliphatic heterocycles. The lowest BCUT2D eigenvalue weighted by atomic mass is 9.97. The van der Waals surface area contributed by atoms with Crippen molar-refractivity contribution in [3.63, 3.8) is 0 Å². The first kappa shape index (κ1) is 14.5. The average molecular weight is 294 g/mol. The second-order valence-corrected chi connectivity index (χ2v) is 6.37. The molecule has 0 bridgehead atoms. The maximum Gasteiger partial charge on any atom is 0.259 e. The maximum absolute atomic E-state index is 12.8. The van der Waals surface area contributed by atoms with Gasteiger partial charge in [0.2, 0.25) is 0 Å². The number of aliphatic hydroxyl groups excluding tert-OH is 1. The molecule has 0 aromatic carbocycles. The number of β-amino-alcohol motifs (C(OH)–C–C–N with tert-alkyl or cyclic N) is 1. The fourth-order valence-corrected chi connectivity index (χ4v) is 3.33. The number of carbonyl (C=O) groups excluding carboxylic acids is 1. The molecular weight excluding hydrogens is 272 g/mol. The summed E-state index contributed by atoms with van der Waals surface area (Å²) in [5.41, 5.74) is 0.645. The highest BCUT2D eigenvalue weighted by Crippen LogP contribution is 2.36. The minimum atomic E-state index is -0.619. The fourth-order valence-electron chi connectivity index (χ4n) is 3.33. The van der Waals surface area contributed by atoms with Crippen LogP contribution in [-0.2, 0) is 4.74 Å². The van der Waals surface area contributed by atoms with Crippen LogP contribution in [0.4, 0.5) is 0 Å². The van der Waals surface area contributed by atoms with E-state index in [1.165, 1.54) is 0 Å². The van der Waals surface area contributed by atoms with Crippen molar-refractivity contribution in [3.8, 4) is 0 Å². The molecule has 0 saturated carbocycles. The fraction of sp³-hybridized carbons (Fsp3) is 0.733. The van der Waals surface area contributed by atoms with E-state index in [9.17, 15) is 9.90 Å². The molecule has 2 atom stereocenters. The molecule has 1 aromatic heterocycles. The number of aliphatic hydroxyl groups is 1. The molecule has 0 radical (unpaired) electrons. The topological polar surface area (TPSA) is 75.8 Å². The van der Waals surface area contributed by atoms with Crippen molar-refractivity contribution in [1.82, 2.24) is 10.1 Å². The smallest absolute Gasteiger partial charge is 0.259 e. The van der Waals surface area contributed by atoms with Crippen molar-refractivity contribution in [2.75, 3.05) is 19.7 Å². The number of hydrogen-bond acceptors (Lipinski definition) is 5. The minimum absolute atomic E-state index is 0.116. The van der Waals surface area contributed by atoms with E-state index in [0.29, 0.717) is 36.7 Å². The summed E-state index contributed by atoms with van der Waals surface area (Å²) in [6, 6.07) is 0. The van der Waals surface area contributed by atoms with Gasteiger partial charge in [-0.3, -0.25) is 4.79 Å². The third kappa shape index (κ3) is 2.26. The highest BCUT2D eigenvalue weighted by molar-refractivity contribution is 5.96. The van der Waals surface area contributed by atoms with Crippen LogP contribution in [0, 0.1) is 6.92 Å². The summed E-state index contributed by atoms with van der Waals surface area (Å²) in [6.45, 7) is 7.11. The molecule has 1 aromatic rings. The van der Waals surface area contributed by atoms with Crippen molar-refractivity contribution in [2.24, 2.45) is 0 Å². The highest BCUT2D eigenvalue weighted by Gasteiger charge is 2.50. The van der Waals surface area contributed by atoms with E-state index in [4.69, 9.17) is 9.26 Å². The lowest BCUT2D eigenvalue weighted by molar-refractivity contribution is -0.0590. The summed E-state index contributed by atoms with van der Waals surface area (Å²) < 4.78 is 10.9. The van der Waals surface area contributed by atoms with Crippen LogP contribution in [0.1, 0.15) is 54.4 Å². The molecular formula is C15H22N2O4. The number of aryl methyl sites for hydroxylation is 1. The highest BCUT2D eigenvalue weighted by atomic mass is 16.5. The zero-order valence-electron chi connectivity index (χ0n) is 12.8. The molecule has 2 aliphatic rings. The molecule has 2 fully saturated rings. The number of nitrogens with zero attached hydrogens (tertiary/aromatic N) is 2. The Morgan fingerprint density at radius 3 is 2.90 bits per heavy atom. The van der Waals surface area contributed by atoms with E-state index in [0.717, 1.165) is 12.8 Å². The van der Waals surface area contributed by atoms with Crippen LogP contribution in [0.25, 0.3) is 0 Å². The van der Waals surface area contributed by atoms with Crippen molar-refractivity contribution in [1.29, 1.82) is 0 Å². The van der Waals surface area contributed by atoms with Crippen molar-refractivity contribution in [2.45, 2.75) is 51.2 Å². The van der Waals surface area contributed by atoms with E-state index in [1.54, 1.807) is 11.8 Å². The number of amides is 1. The first-order valence-electron chi connectivity index (χ1n) is 7.52. The summed E-state index contributed by atoms with van der Waals surface area (Å²) in [4.78, 5) is 14.5. The van der Waals surface area contributed by atoms with Gasteiger partial charge in [0.05, 0.1) is 12.2 Å². The first-order valence-corrected chi connectivity index (χ1v) is 7.52. The van der Waals surface area contributed by atoms with E-state index in [2.05, 4.69) is 5.16 Å². The normalized spacial score (nSPS) is 29.0. The summed E-state index contributed by atoms with van der Waals surface area (Å²) in [5, 5.41) is 14.3. The minimum Gasteiger partial charge on any atom is -0.388 e. The van der Waals surface area contributed by atoms with Gasteiger partial charge in [0.1, 0.15) is 23.0 Å². The Bertz CT molecular complexity index is 546. The standard InChI is InChI=1S/C15H22N2O4/c1-9(2)13-12(10(3)21-16-13)14(19)17-7-11(18)15(8-17)5-4-6-20-15/h9,11,18H,4-8H2,1-3H3/t11-,15-/m0/s1. The molecule has 0 unspecified atom stereocenters. The summed E-state index contributed by atoms with van der Waals surface area (Å²) in [5.74, 6) is 0.529. The number of ether oxygens (including phenoxy) is 1. The van der Waals surface area contributed by atoms with Gasteiger partial charge >= 0.3 is 0 Å². The summed E-state index contributed by atoms with van der Waals surface area (Å²) in [6.07, 6.45) is 1.12. The largest absolute Gasteiger partial charge is 0.388 e. The third-order valence-electron chi connectivity index (χ3n) is 4.53. The zero-order chi connectivity index (χ0) is 15.2. The van der Waals surface area contributed by atoms with Crippen molar-refractivity contribution >= 4 is 5.91 Å². The Kier molecular flexibility index (Phi) is 3.53. The molecule has 116 valence electrons. The lowest BCUT2D eigenvalue weighted by Crippen LogP contribution is -2.41. The Balaban J connectivity index is 1.85. The molecule has 6 nitrogen and oxygen atoms in total. The summed E-state index contributed by atoms with van der Waals surface area (Å²) in [7, 11) is 0. The Hall–Kier alpha value is -1.40. The molecule has 2 saturated heterocycles. The molecule has 0 aliphatic carbocycles. The van der Waals surface area contributed by atoms with Crippen LogP contribution in [0.3, 0.4) is 0 Å². The second kappa shape index (κ2) is 5.10. The van der Waals surface area contributed by atoms with Gasteiger partial charge in [0, 0.05) is 13.2 Å². The first-order chi connectivity index (χ1) is 9.94. The molecule has 6 heteroatoms. The van der Waals surface area contributed by atoms with Crippen molar-refractivity contribution in [3.05, 3.63) is 17.0 Å². The van der Waals surface area contributed by atoms with Gasteiger partial charge in [-0.1, -0.05) is 19.0 Å². The van der Waals surface area contributed by atoms with Gasteiger partial charge in [-0.15, -0.1) is 0 Å². The number of rotatable bonds is 2. The van der Waals surface area contributed by atoms with Crippen LogP contribution in [0.2, 0.25) is 0 Å². The SMILES string of the molecule is Cc1onc(C(C)C)c1C(=O)N1C[C@H](O)[C@]2(CCCO2)C1. The Morgan fingerprint density at radius 1 is 1.52 bits per heavy atom. The number of hydrogen-bond donors (Lipinski definition) is 1. The lowest BCUT2D eigenvalue weighted by Gasteiger charge is -2.25. The maximum atomic E-state index is 12.8. The molecule has 1 N–H and O–H groups in total. The Morgan fingerprint density at radius 2 is 2.29 bits per heavy atom. The van der Waals surface area contributed by atoms with Crippen LogP contribution in [0.15, 0.2) is 4.52 Å². The number of likely N-dealkylation sites (tertiary alicyclic amines) is 1. The van der Waals surface area contributed by atoms with Crippen molar-refractivity contribution < 1.29 is 19.2 Å². The van der Waals surface area contributed by atoms with E-state index >= 15 is 0 Å². The predicted molar refractivity (Wildman–Crippen MR) is 75.2 cm³/mol. The molecule has 3 rings (SSSR count). The zero-order valence-corrected chi connectivity index (χ0v) is 12.8. The molecule has 1 spiro atoms. The van der Waals surface area contributed by atoms with Gasteiger partial charge in [-0.2, -0.15) is 0 Å². The van der Waals surface area contributed by atoms with E-state index in [1.807, 2.05) is 13.8 Å². The number of aromatic nitrogens is 1. The molecule has 21 heavy (non-hydrogen) atoms. The van der Waals surface area contributed by atoms with Crippen LogP contribution < -0.4 is 0 Å².